The lowest BCUT2D eigenvalue weighted by Gasteiger charge is -2.58. The van der Waals surface area contributed by atoms with Crippen molar-refractivity contribution in [3.05, 3.63) is 18.2 Å². The van der Waals surface area contributed by atoms with Gasteiger partial charge in [0.15, 0.2) is 0 Å². The minimum atomic E-state index is -0.193. The number of aliphatic hydroxyl groups is 1. The first-order valence-corrected chi connectivity index (χ1v) is 7.79. The summed E-state index contributed by atoms with van der Waals surface area (Å²) < 4.78 is 2.05. The van der Waals surface area contributed by atoms with Gasteiger partial charge in [0.2, 0.25) is 0 Å². The van der Waals surface area contributed by atoms with E-state index in [1.807, 2.05) is 24.0 Å². The van der Waals surface area contributed by atoms with E-state index in [9.17, 15) is 5.11 Å². The Labute approximate surface area is 115 Å². The van der Waals surface area contributed by atoms with Crippen LogP contribution >= 0.6 is 0 Å². The van der Waals surface area contributed by atoms with Crippen molar-refractivity contribution in [2.45, 2.75) is 51.0 Å². The molecule has 1 atom stereocenters. The SMILES string of the molecule is Cn1ccnc1CC(O)C12CC3CC(CC(C3)C1)C2. The van der Waals surface area contributed by atoms with Crippen LogP contribution in [0.4, 0.5) is 0 Å². The topological polar surface area (TPSA) is 38.0 Å². The first-order valence-electron chi connectivity index (χ1n) is 7.79. The molecular weight excluding hydrogens is 236 g/mol. The van der Waals surface area contributed by atoms with Gasteiger partial charge in [-0.15, -0.1) is 0 Å². The highest BCUT2D eigenvalue weighted by Crippen LogP contribution is 2.61. The molecule has 1 unspecified atom stereocenters. The van der Waals surface area contributed by atoms with Crippen molar-refractivity contribution in [2.24, 2.45) is 30.2 Å². The number of aliphatic hydroxyl groups excluding tert-OH is 1. The van der Waals surface area contributed by atoms with Gasteiger partial charge in [-0.2, -0.15) is 0 Å². The summed E-state index contributed by atoms with van der Waals surface area (Å²) in [6.45, 7) is 0. The van der Waals surface area contributed by atoms with E-state index in [0.29, 0.717) is 0 Å². The molecule has 1 aromatic heterocycles. The zero-order valence-corrected chi connectivity index (χ0v) is 11.8. The van der Waals surface area contributed by atoms with E-state index >= 15 is 0 Å². The number of aromatic nitrogens is 2. The second-order valence-corrected chi connectivity index (χ2v) is 7.45. The van der Waals surface area contributed by atoms with Crippen molar-refractivity contribution in [2.75, 3.05) is 0 Å². The maximum Gasteiger partial charge on any atom is 0.110 e. The number of rotatable bonds is 3. The zero-order valence-electron chi connectivity index (χ0n) is 11.8. The van der Waals surface area contributed by atoms with Crippen LogP contribution in [-0.2, 0) is 13.5 Å². The van der Waals surface area contributed by atoms with Crippen molar-refractivity contribution >= 4 is 0 Å². The van der Waals surface area contributed by atoms with Crippen LogP contribution in [0.3, 0.4) is 0 Å². The van der Waals surface area contributed by atoms with Crippen LogP contribution < -0.4 is 0 Å². The number of aryl methyl sites for hydroxylation is 1. The predicted molar refractivity (Wildman–Crippen MR) is 73.5 cm³/mol. The molecule has 1 N–H and O–H groups in total. The van der Waals surface area contributed by atoms with Crippen molar-refractivity contribution < 1.29 is 5.11 Å². The average Bonchev–Trinajstić information content (AvgIpc) is 2.73. The fraction of sp³-hybridized carbons (Fsp3) is 0.812. The number of nitrogens with zero attached hydrogens (tertiary/aromatic N) is 2. The standard InChI is InChI=1S/C16H24N2O/c1-18-3-2-17-15(18)7-14(19)16-8-11-4-12(9-16)6-13(5-11)10-16/h2-3,11-14,19H,4-10H2,1H3. The number of hydrogen-bond acceptors (Lipinski definition) is 2. The normalized spacial score (nSPS) is 41.7. The predicted octanol–water partition coefficient (Wildman–Crippen LogP) is 2.54. The molecule has 19 heavy (non-hydrogen) atoms. The summed E-state index contributed by atoms with van der Waals surface area (Å²) in [7, 11) is 2.02. The first kappa shape index (κ1) is 12.0. The summed E-state index contributed by atoms with van der Waals surface area (Å²) in [5.41, 5.74) is 0.223. The van der Waals surface area contributed by atoms with E-state index in [1.54, 1.807) is 0 Å². The second kappa shape index (κ2) is 4.08. The Hall–Kier alpha value is -0.830. The van der Waals surface area contributed by atoms with Gasteiger partial charge in [0.25, 0.3) is 0 Å². The molecule has 1 aromatic rings. The summed E-state index contributed by atoms with van der Waals surface area (Å²) >= 11 is 0. The molecule has 0 amide bonds. The molecule has 3 nitrogen and oxygen atoms in total. The summed E-state index contributed by atoms with van der Waals surface area (Å²) in [5, 5.41) is 10.9. The highest BCUT2D eigenvalue weighted by molar-refractivity contribution is 5.06. The van der Waals surface area contributed by atoms with Gasteiger partial charge in [-0.3, -0.25) is 0 Å². The molecule has 4 aliphatic carbocycles. The summed E-state index contributed by atoms with van der Waals surface area (Å²) in [4.78, 5) is 4.39. The molecule has 3 heteroatoms. The van der Waals surface area contributed by atoms with Crippen molar-refractivity contribution in [3.8, 4) is 0 Å². The van der Waals surface area contributed by atoms with Crippen LogP contribution in [0, 0.1) is 23.2 Å². The minimum absolute atomic E-state index is 0.193. The lowest BCUT2D eigenvalue weighted by molar-refractivity contribution is -0.120. The van der Waals surface area contributed by atoms with Crippen molar-refractivity contribution in [3.63, 3.8) is 0 Å². The molecule has 4 bridgehead atoms. The van der Waals surface area contributed by atoms with E-state index in [1.165, 1.54) is 38.5 Å². The third-order valence-electron chi connectivity index (χ3n) is 6.09. The molecule has 5 rings (SSSR count). The Morgan fingerprint density at radius 3 is 2.32 bits per heavy atom. The van der Waals surface area contributed by atoms with E-state index < -0.39 is 0 Å². The van der Waals surface area contributed by atoms with Crippen LogP contribution in [0.1, 0.15) is 44.3 Å². The smallest absolute Gasteiger partial charge is 0.110 e. The molecule has 0 aromatic carbocycles. The maximum absolute atomic E-state index is 10.9. The molecule has 1 heterocycles. The third-order valence-corrected chi connectivity index (χ3v) is 6.09. The molecule has 4 saturated carbocycles. The van der Waals surface area contributed by atoms with Gasteiger partial charge < -0.3 is 9.67 Å². The number of imidazole rings is 1. The fourth-order valence-electron chi connectivity index (χ4n) is 5.57. The van der Waals surface area contributed by atoms with Gasteiger partial charge >= 0.3 is 0 Å². The molecule has 104 valence electrons. The molecule has 4 fully saturated rings. The van der Waals surface area contributed by atoms with E-state index in [0.717, 1.165) is 30.0 Å². The molecule has 0 saturated heterocycles. The van der Waals surface area contributed by atoms with Crippen molar-refractivity contribution in [1.29, 1.82) is 0 Å². The zero-order chi connectivity index (χ0) is 13.0. The molecule has 0 spiro atoms. The summed E-state index contributed by atoms with van der Waals surface area (Å²) in [5.74, 6) is 3.75. The summed E-state index contributed by atoms with van der Waals surface area (Å²) in [6, 6.07) is 0. The van der Waals surface area contributed by atoms with Crippen LogP contribution in [0.2, 0.25) is 0 Å². The Morgan fingerprint density at radius 2 is 1.84 bits per heavy atom. The molecule has 0 radical (unpaired) electrons. The van der Waals surface area contributed by atoms with Crippen LogP contribution in [0.15, 0.2) is 12.4 Å². The van der Waals surface area contributed by atoms with Gasteiger partial charge in [0.05, 0.1) is 6.10 Å². The quantitative estimate of drug-likeness (QED) is 0.907. The highest BCUT2D eigenvalue weighted by Gasteiger charge is 2.53. The van der Waals surface area contributed by atoms with Crippen molar-refractivity contribution in [1.82, 2.24) is 9.55 Å². The molecule has 0 aliphatic heterocycles. The monoisotopic (exact) mass is 260 g/mol. The molecular formula is C16H24N2O. The van der Waals surface area contributed by atoms with Gasteiger partial charge in [-0.1, -0.05) is 0 Å². The van der Waals surface area contributed by atoms with Gasteiger partial charge in [0.1, 0.15) is 5.82 Å². The minimum Gasteiger partial charge on any atom is -0.392 e. The Balaban J connectivity index is 1.56. The third kappa shape index (κ3) is 1.85. The molecule has 4 aliphatic rings. The van der Waals surface area contributed by atoms with E-state index in [4.69, 9.17) is 0 Å². The lowest BCUT2D eigenvalue weighted by Crippen LogP contribution is -2.52. The average molecular weight is 260 g/mol. The van der Waals surface area contributed by atoms with E-state index in [2.05, 4.69) is 4.98 Å². The largest absolute Gasteiger partial charge is 0.392 e. The Bertz CT molecular complexity index is 444. The van der Waals surface area contributed by atoms with E-state index in [-0.39, 0.29) is 11.5 Å². The van der Waals surface area contributed by atoms with Gasteiger partial charge in [0, 0.05) is 25.9 Å². The van der Waals surface area contributed by atoms with Crippen LogP contribution in [0.25, 0.3) is 0 Å². The lowest BCUT2D eigenvalue weighted by atomic mass is 9.48. The second-order valence-electron chi connectivity index (χ2n) is 7.45. The van der Waals surface area contributed by atoms with Crippen LogP contribution in [0.5, 0.6) is 0 Å². The fourth-order valence-corrected chi connectivity index (χ4v) is 5.57. The number of hydrogen-bond donors (Lipinski definition) is 1. The maximum atomic E-state index is 10.9. The Morgan fingerprint density at radius 1 is 1.26 bits per heavy atom. The summed E-state index contributed by atoms with van der Waals surface area (Å²) in [6.07, 6.45) is 12.5. The van der Waals surface area contributed by atoms with Gasteiger partial charge in [-0.25, -0.2) is 4.98 Å². The van der Waals surface area contributed by atoms with Crippen LogP contribution in [-0.4, -0.2) is 20.8 Å². The highest BCUT2D eigenvalue weighted by atomic mass is 16.3. The Kier molecular flexibility index (Phi) is 2.57. The van der Waals surface area contributed by atoms with Gasteiger partial charge in [-0.05, 0) is 61.7 Å². The first-order chi connectivity index (χ1) is 9.14.